The zero-order chi connectivity index (χ0) is 14.9. The molecule has 0 unspecified atom stereocenters. The highest BCUT2D eigenvalue weighted by Gasteiger charge is 2.41. The zero-order valence-corrected chi connectivity index (χ0v) is 10.7. The van der Waals surface area contributed by atoms with Gasteiger partial charge >= 0.3 is 23.9 Å². The van der Waals surface area contributed by atoms with Gasteiger partial charge in [-0.25, -0.2) is 14.4 Å². The van der Waals surface area contributed by atoms with Gasteiger partial charge in [-0.2, -0.15) is 0 Å². The third-order valence-corrected chi connectivity index (χ3v) is 1.82. The smallest absolute Gasteiger partial charge is 0.385 e. The van der Waals surface area contributed by atoms with E-state index in [0.717, 1.165) is 18.2 Å². The second-order valence-corrected chi connectivity index (χ2v) is 3.31. The lowest BCUT2D eigenvalue weighted by Crippen LogP contribution is -2.43. The minimum absolute atomic E-state index is 0.0360. The Kier molecular flexibility index (Phi) is 6.88. The average molecular weight is 268 g/mol. The fourth-order valence-electron chi connectivity index (χ4n) is 1.11. The lowest BCUT2D eigenvalue weighted by molar-refractivity contribution is -0.327. The molecule has 0 aliphatic rings. The van der Waals surface area contributed by atoms with Gasteiger partial charge in [0, 0.05) is 18.2 Å². The number of hydrogen-bond acceptors (Lipinski definition) is 6. The second kappa shape index (κ2) is 7.86. The fraction of sp³-hybridized carbons (Fsp3) is 0.308. The highest BCUT2D eigenvalue weighted by molar-refractivity contribution is 5.85. The van der Waals surface area contributed by atoms with Crippen LogP contribution in [0.3, 0.4) is 0 Å². The SMILES string of the molecule is C=CC(=O)OC(CCC)(OC(=O)C=C)OC(=O)C=C. The van der Waals surface area contributed by atoms with Gasteiger partial charge in [-0.1, -0.05) is 26.7 Å². The van der Waals surface area contributed by atoms with Crippen molar-refractivity contribution in [2.75, 3.05) is 0 Å². The molecule has 6 heteroatoms. The molecular formula is C13H16O6. The molecule has 0 aliphatic carbocycles. The van der Waals surface area contributed by atoms with Crippen LogP contribution in [0.15, 0.2) is 38.0 Å². The number of esters is 3. The molecule has 19 heavy (non-hydrogen) atoms. The molecule has 0 N–H and O–H groups in total. The Morgan fingerprint density at radius 2 is 1.21 bits per heavy atom. The predicted molar refractivity (Wildman–Crippen MR) is 66.5 cm³/mol. The minimum Gasteiger partial charge on any atom is -0.385 e. The lowest BCUT2D eigenvalue weighted by atomic mass is 10.3. The maximum atomic E-state index is 11.3. The van der Waals surface area contributed by atoms with Gasteiger partial charge in [-0.05, 0) is 6.42 Å². The van der Waals surface area contributed by atoms with Gasteiger partial charge in [0.1, 0.15) is 0 Å². The third-order valence-electron chi connectivity index (χ3n) is 1.82. The first kappa shape index (κ1) is 16.6. The fourth-order valence-corrected chi connectivity index (χ4v) is 1.11. The molecule has 0 aromatic heterocycles. The number of hydrogen-bond donors (Lipinski definition) is 0. The Morgan fingerprint density at radius 1 is 0.895 bits per heavy atom. The van der Waals surface area contributed by atoms with E-state index in [4.69, 9.17) is 14.2 Å². The summed E-state index contributed by atoms with van der Waals surface area (Å²) in [5.41, 5.74) is 0. The van der Waals surface area contributed by atoms with Gasteiger partial charge in [0.05, 0.1) is 6.42 Å². The van der Waals surface area contributed by atoms with Gasteiger partial charge < -0.3 is 14.2 Å². The molecular weight excluding hydrogens is 252 g/mol. The molecule has 6 nitrogen and oxygen atoms in total. The van der Waals surface area contributed by atoms with Gasteiger partial charge in [0.2, 0.25) is 0 Å². The monoisotopic (exact) mass is 268 g/mol. The summed E-state index contributed by atoms with van der Waals surface area (Å²) in [5, 5.41) is 0. The number of ether oxygens (including phenoxy) is 3. The Morgan fingerprint density at radius 3 is 1.42 bits per heavy atom. The van der Waals surface area contributed by atoms with Crippen LogP contribution >= 0.6 is 0 Å². The molecule has 104 valence electrons. The quantitative estimate of drug-likeness (QED) is 0.378. The van der Waals surface area contributed by atoms with Crippen molar-refractivity contribution in [3.8, 4) is 0 Å². The van der Waals surface area contributed by atoms with Crippen LogP contribution in [-0.4, -0.2) is 23.9 Å². The van der Waals surface area contributed by atoms with Gasteiger partial charge in [0.25, 0.3) is 0 Å². The molecule has 0 spiro atoms. The van der Waals surface area contributed by atoms with Crippen LogP contribution in [0.2, 0.25) is 0 Å². The third kappa shape index (κ3) is 5.67. The van der Waals surface area contributed by atoms with E-state index < -0.39 is 23.9 Å². The molecule has 0 atom stereocenters. The van der Waals surface area contributed by atoms with Crippen molar-refractivity contribution in [3.05, 3.63) is 38.0 Å². The summed E-state index contributed by atoms with van der Waals surface area (Å²) in [5.74, 6) is -4.84. The van der Waals surface area contributed by atoms with Crippen molar-refractivity contribution in [1.82, 2.24) is 0 Å². The van der Waals surface area contributed by atoms with E-state index in [1.54, 1.807) is 6.92 Å². The van der Waals surface area contributed by atoms with E-state index in [-0.39, 0.29) is 6.42 Å². The van der Waals surface area contributed by atoms with Crippen molar-refractivity contribution >= 4 is 17.9 Å². The van der Waals surface area contributed by atoms with E-state index >= 15 is 0 Å². The first-order valence-electron chi connectivity index (χ1n) is 5.49. The van der Waals surface area contributed by atoms with Gasteiger partial charge in [-0.15, -0.1) is 0 Å². The van der Waals surface area contributed by atoms with Gasteiger partial charge in [0.15, 0.2) is 0 Å². The van der Waals surface area contributed by atoms with E-state index in [9.17, 15) is 14.4 Å². The van der Waals surface area contributed by atoms with Crippen LogP contribution in [-0.2, 0) is 28.6 Å². The average Bonchev–Trinajstić information content (AvgIpc) is 2.38. The lowest BCUT2D eigenvalue weighted by Gasteiger charge is -2.29. The van der Waals surface area contributed by atoms with Crippen LogP contribution in [0.25, 0.3) is 0 Å². The molecule has 0 aliphatic heterocycles. The van der Waals surface area contributed by atoms with Crippen molar-refractivity contribution in [1.29, 1.82) is 0 Å². The highest BCUT2D eigenvalue weighted by Crippen LogP contribution is 2.23. The van der Waals surface area contributed by atoms with Crippen LogP contribution in [0, 0.1) is 0 Å². The number of carbonyl (C=O) groups is 3. The van der Waals surface area contributed by atoms with E-state index in [1.165, 1.54) is 0 Å². The summed E-state index contributed by atoms with van der Waals surface area (Å²) < 4.78 is 14.5. The van der Waals surface area contributed by atoms with Crippen LogP contribution in [0.4, 0.5) is 0 Å². The standard InChI is InChI=1S/C13H16O6/c1-5-9-13(17-10(14)6-2,18-11(15)7-3)19-12(16)8-4/h6-8H,2-5,9H2,1H3. The van der Waals surface area contributed by atoms with Crippen molar-refractivity contribution < 1.29 is 28.6 Å². The summed E-state index contributed by atoms with van der Waals surface area (Å²) in [7, 11) is 0. The molecule has 0 bridgehead atoms. The molecule has 0 saturated carbocycles. The largest absolute Gasteiger partial charge is 0.424 e. The van der Waals surface area contributed by atoms with Crippen molar-refractivity contribution in [3.63, 3.8) is 0 Å². The Labute approximate surface area is 111 Å². The number of carbonyl (C=O) groups excluding carboxylic acids is 3. The minimum atomic E-state index is -2.14. The van der Waals surface area contributed by atoms with Crippen LogP contribution in [0.5, 0.6) is 0 Å². The second-order valence-electron chi connectivity index (χ2n) is 3.31. The first-order chi connectivity index (χ1) is 8.92. The molecule has 0 fully saturated rings. The summed E-state index contributed by atoms with van der Waals surface area (Å²) in [6.07, 6.45) is 2.95. The maximum absolute atomic E-state index is 11.3. The van der Waals surface area contributed by atoms with E-state index in [0.29, 0.717) is 6.42 Å². The highest BCUT2D eigenvalue weighted by atomic mass is 16.9. The molecule has 0 amide bonds. The summed E-state index contributed by atoms with van der Waals surface area (Å²) in [6.45, 7) is 11.3. The summed E-state index contributed by atoms with van der Waals surface area (Å²) in [6, 6.07) is 0. The first-order valence-corrected chi connectivity index (χ1v) is 5.49. The Bertz CT molecular complexity index is 341. The Balaban J connectivity index is 5.29. The maximum Gasteiger partial charge on any atom is 0.424 e. The normalized spacial score (nSPS) is 9.95. The van der Waals surface area contributed by atoms with Crippen molar-refractivity contribution in [2.24, 2.45) is 0 Å². The van der Waals surface area contributed by atoms with Crippen molar-refractivity contribution in [2.45, 2.75) is 25.7 Å². The molecule has 0 heterocycles. The number of rotatable bonds is 8. The van der Waals surface area contributed by atoms with Crippen LogP contribution < -0.4 is 0 Å². The topological polar surface area (TPSA) is 78.9 Å². The molecule has 0 aromatic rings. The van der Waals surface area contributed by atoms with E-state index in [1.807, 2.05) is 0 Å². The predicted octanol–water partition coefficient (Wildman–Crippen LogP) is 1.63. The Hall–Kier alpha value is -2.37. The van der Waals surface area contributed by atoms with E-state index in [2.05, 4.69) is 19.7 Å². The molecule has 0 rings (SSSR count). The molecule has 0 saturated heterocycles. The molecule has 0 radical (unpaired) electrons. The zero-order valence-electron chi connectivity index (χ0n) is 10.7. The summed E-state index contributed by atoms with van der Waals surface area (Å²) in [4.78, 5) is 33.8. The summed E-state index contributed by atoms with van der Waals surface area (Å²) >= 11 is 0. The van der Waals surface area contributed by atoms with Gasteiger partial charge in [-0.3, -0.25) is 0 Å². The molecule has 0 aromatic carbocycles. The van der Waals surface area contributed by atoms with Crippen LogP contribution in [0.1, 0.15) is 19.8 Å².